The van der Waals surface area contributed by atoms with E-state index in [2.05, 4.69) is 76.7 Å². The number of likely N-dealkylation sites (N-methyl/N-ethyl adjacent to an activating group) is 1. The fraction of sp³-hybridized carbons (Fsp3) is 0.200. The quantitative estimate of drug-likeness (QED) is 0.799. The number of benzene rings is 2. The maximum Gasteiger partial charge on any atom is 0.0890 e. The lowest BCUT2D eigenvalue weighted by atomic mass is 9.93. The molecule has 1 unspecified atom stereocenters. The summed E-state index contributed by atoms with van der Waals surface area (Å²) in [5.41, 5.74) is 12.4. The summed E-state index contributed by atoms with van der Waals surface area (Å²) in [6, 6.07) is 14.9. The van der Waals surface area contributed by atoms with Gasteiger partial charge in [0.15, 0.2) is 0 Å². The summed E-state index contributed by atoms with van der Waals surface area (Å²) in [6.45, 7) is 0.545. The van der Waals surface area contributed by atoms with Crippen LogP contribution in [0.5, 0.6) is 0 Å². The van der Waals surface area contributed by atoms with Gasteiger partial charge < -0.3 is 10.7 Å². The summed E-state index contributed by atoms with van der Waals surface area (Å²) in [6.07, 6.45) is 5.64. The molecule has 0 spiro atoms. The molecule has 126 valence electrons. The number of nitrogens with zero attached hydrogens (tertiary/aromatic N) is 4. The second-order valence-corrected chi connectivity index (χ2v) is 6.34. The van der Waals surface area contributed by atoms with Crippen molar-refractivity contribution in [1.82, 2.24) is 20.0 Å². The molecular formula is C20H21N5. The van der Waals surface area contributed by atoms with Gasteiger partial charge in [-0.1, -0.05) is 30.3 Å². The molecule has 1 aliphatic rings. The van der Waals surface area contributed by atoms with Crippen LogP contribution in [0.15, 0.2) is 61.1 Å². The minimum absolute atomic E-state index is 0.129. The SMILES string of the molecule is CN1C=C(c2cccc(CN)c2)C(c2ccc3nccnc3c2)N1C. The highest BCUT2D eigenvalue weighted by atomic mass is 15.6. The molecule has 5 heteroatoms. The molecule has 0 fully saturated rings. The predicted octanol–water partition coefficient (Wildman–Crippen LogP) is 2.96. The highest BCUT2D eigenvalue weighted by Crippen LogP contribution is 2.40. The van der Waals surface area contributed by atoms with Crippen molar-refractivity contribution in [3.8, 4) is 0 Å². The molecule has 0 amide bonds. The lowest BCUT2D eigenvalue weighted by Crippen LogP contribution is -2.30. The number of hydrogen-bond acceptors (Lipinski definition) is 5. The van der Waals surface area contributed by atoms with E-state index in [9.17, 15) is 0 Å². The standard InChI is InChI=1S/C20H21N5/c1-24-13-17(15-5-3-4-14(10-15)12-21)20(25(24)2)16-6-7-18-19(11-16)23-9-8-22-18/h3-11,13,20H,12,21H2,1-2H3. The third-order valence-corrected chi connectivity index (χ3v) is 4.80. The van der Waals surface area contributed by atoms with Gasteiger partial charge >= 0.3 is 0 Å². The van der Waals surface area contributed by atoms with Gasteiger partial charge in [-0.15, -0.1) is 0 Å². The van der Waals surface area contributed by atoms with Crippen LogP contribution in [-0.2, 0) is 6.54 Å². The van der Waals surface area contributed by atoms with E-state index in [0.717, 1.165) is 16.6 Å². The largest absolute Gasteiger partial charge is 0.326 e. The van der Waals surface area contributed by atoms with Crippen LogP contribution in [-0.4, -0.2) is 34.1 Å². The highest BCUT2D eigenvalue weighted by molar-refractivity contribution is 5.78. The zero-order valence-corrected chi connectivity index (χ0v) is 14.4. The number of nitrogens with two attached hydrogens (primary N) is 1. The molecule has 1 aliphatic heterocycles. The van der Waals surface area contributed by atoms with Crippen LogP contribution in [0, 0.1) is 0 Å². The Morgan fingerprint density at radius 3 is 2.60 bits per heavy atom. The van der Waals surface area contributed by atoms with E-state index in [4.69, 9.17) is 5.73 Å². The fourth-order valence-electron chi connectivity index (χ4n) is 3.40. The van der Waals surface area contributed by atoms with Crippen LogP contribution in [0.4, 0.5) is 0 Å². The molecule has 0 saturated heterocycles. The Balaban J connectivity index is 1.80. The van der Waals surface area contributed by atoms with E-state index in [0.29, 0.717) is 6.54 Å². The Morgan fingerprint density at radius 2 is 1.80 bits per heavy atom. The second-order valence-electron chi connectivity index (χ2n) is 6.34. The zero-order valence-electron chi connectivity index (χ0n) is 14.4. The van der Waals surface area contributed by atoms with Crippen molar-refractivity contribution in [2.45, 2.75) is 12.6 Å². The Kier molecular flexibility index (Phi) is 3.95. The van der Waals surface area contributed by atoms with Crippen LogP contribution in [0.2, 0.25) is 0 Å². The monoisotopic (exact) mass is 331 g/mol. The molecule has 1 aromatic heterocycles. The molecule has 2 aromatic carbocycles. The number of fused-ring (bicyclic) bond motifs is 1. The van der Waals surface area contributed by atoms with Gasteiger partial charge in [-0.2, -0.15) is 0 Å². The van der Waals surface area contributed by atoms with Crippen LogP contribution < -0.4 is 5.73 Å². The second kappa shape index (κ2) is 6.27. The molecular weight excluding hydrogens is 310 g/mol. The van der Waals surface area contributed by atoms with Crippen molar-refractivity contribution < 1.29 is 0 Å². The first-order valence-corrected chi connectivity index (χ1v) is 8.34. The Morgan fingerprint density at radius 1 is 1.00 bits per heavy atom. The summed E-state index contributed by atoms with van der Waals surface area (Å²) in [5, 5.41) is 4.35. The van der Waals surface area contributed by atoms with Crippen LogP contribution in [0.3, 0.4) is 0 Å². The Labute approximate surface area is 147 Å². The molecule has 0 aliphatic carbocycles. The Hall–Kier alpha value is -2.76. The van der Waals surface area contributed by atoms with E-state index < -0.39 is 0 Å². The topological polar surface area (TPSA) is 58.3 Å². The van der Waals surface area contributed by atoms with Crippen molar-refractivity contribution in [3.63, 3.8) is 0 Å². The highest BCUT2D eigenvalue weighted by Gasteiger charge is 2.30. The van der Waals surface area contributed by atoms with Crippen LogP contribution in [0.1, 0.15) is 22.7 Å². The van der Waals surface area contributed by atoms with Gasteiger partial charge in [0.2, 0.25) is 0 Å². The lowest BCUT2D eigenvalue weighted by molar-refractivity contribution is 0.0753. The Bertz CT molecular complexity index is 949. The van der Waals surface area contributed by atoms with Crippen molar-refractivity contribution in [2.75, 3.05) is 14.1 Å². The minimum atomic E-state index is 0.129. The van der Waals surface area contributed by atoms with Crippen LogP contribution >= 0.6 is 0 Å². The fourth-order valence-corrected chi connectivity index (χ4v) is 3.40. The number of aromatic nitrogens is 2. The van der Waals surface area contributed by atoms with E-state index in [-0.39, 0.29) is 6.04 Å². The van der Waals surface area contributed by atoms with Gasteiger partial charge in [-0.25, -0.2) is 5.01 Å². The average Bonchev–Trinajstić information content (AvgIpc) is 2.96. The molecule has 1 atom stereocenters. The van der Waals surface area contributed by atoms with Gasteiger partial charge in [0, 0.05) is 44.8 Å². The van der Waals surface area contributed by atoms with E-state index in [1.54, 1.807) is 12.4 Å². The molecule has 25 heavy (non-hydrogen) atoms. The molecule has 0 bridgehead atoms. The maximum atomic E-state index is 5.82. The number of hydrogen-bond donors (Lipinski definition) is 1. The van der Waals surface area contributed by atoms with Gasteiger partial charge in [-0.05, 0) is 28.8 Å². The van der Waals surface area contributed by atoms with Crippen molar-refractivity contribution in [2.24, 2.45) is 5.73 Å². The van der Waals surface area contributed by atoms with Gasteiger partial charge in [0.05, 0.1) is 17.1 Å². The predicted molar refractivity (Wildman–Crippen MR) is 100 cm³/mol. The summed E-state index contributed by atoms with van der Waals surface area (Å²) in [5.74, 6) is 0. The number of rotatable bonds is 3. The van der Waals surface area contributed by atoms with Gasteiger partial charge in [0.1, 0.15) is 0 Å². The lowest BCUT2D eigenvalue weighted by Gasteiger charge is -2.28. The average molecular weight is 331 g/mol. The van der Waals surface area contributed by atoms with E-state index in [1.807, 2.05) is 6.07 Å². The molecule has 5 nitrogen and oxygen atoms in total. The molecule has 2 heterocycles. The van der Waals surface area contributed by atoms with Crippen LogP contribution in [0.25, 0.3) is 16.6 Å². The first-order valence-electron chi connectivity index (χ1n) is 8.34. The molecule has 2 N–H and O–H groups in total. The maximum absolute atomic E-state index is 5.82. The molecule has 3 aromatic rings. The smallest absolute Gasteiger partial charge is 0.0890 e. The van der Waals surface area contributed by atoms with Crippen molar-refractivity contribution in [3.05, 3.63) is 77.7 Å². The zero-order chi connectivity index (χ0) is 17.4. The molecule has 4 rings (SSSR count). The minimum Gasteiger partial charge on any atom is -0.326 e. The third-order valence-electron chi connectivity index (χ3n) is 4.80. The molecule has 0 radical (unpaired) electrons. The normalized spacial score (nSPS) is 18.0. The van der Waals surface area contributed by atoms with Gasteiger partial charge in [-0.3, -0.25) is 9.97 Å². The van der Waals surface area contributed by atoms with Crippen molar-refractivity contribution in [1.29, 1.82) is 0 Å². The van der Waals surface area contributed by atoms with E-state index in [1.165, 1.54) is 16.7 Å². The first-order chi connectivity index (χ1) is 12.2. The number of hydrazine groups is 1. The third kappa shape index (κ3) is 2.77. The molecule has 0 saturated carbocycles. The summed E-state index contributed by atoms with van der Waals surface area (Å²) < 4.78 is 0. The van der Waals surface area contributed by atoms with E-state index >= 15 is 0 Å². The summed E-state index contributed by atoms with van der Waals surface area (Å²) in [4.78, 5) is 8.82. The van der Waals surface area contributed by atoms with Gasteiger partial charge in [0.25, 0.3) is 0 Å². The van der Waals surface area contributed by atoms with Crippen molar-refractivity contribution >= 4 is 16.6 Å². The summed E-state index contributed by atoms with van der Waals surface area (Å²) in [7, 11) is 4.16. The summed E-state index contributed by atoms with van der Waals surface area (Å²) >= 11 is 0. The first kappa shape index (κ1) is 15.7.